The van der Waals surface area contributed by atoms with Gasteiger partial charge in [0, 0.05) is 11.1 Å². The summed E-state index contributed by atoms with van der Waals surface area (Å²) in [5.74, 6) is -0.447. The number of benzene rings is 2. The highest BCUT2D eigenvalue weighted by Gasteiger charge is 2.16. The molecule has 0 aliphatic rings. The lowest BCUT2D eigenvalue weighted by atomic mass is 10.00. The Kier molecular flexibility index (Phi) is 2.83. The molecule has 0 fully saturated rings. The molecule has 2 rings (SSSR count). The minimum atomic E-state index is -0.258. The maximum Gasteiger partial charge on any atom is 0.196 e. The third-order valence-electron chi connectivity index (χ3n) is 2.68. The lowest BCUT2D eigenvalue weighted by Crippen LogP contribution is -2.02. The Balaban J connectivity index is 2.49. The number of carbonyl (C=O) groups excluding carboxylic acids is 1. The summed E-state index contributed by atoms with van der Waals surface area (Å²) in [6.45, 7) is 1.56. The van der Waals surface area contributed by atoms with Gasteiger partial charge in [-0.2, -0.15) is 0 Å². The third kappa shape index (κ3) is 1.99. The molecule has 0 bridgehead atoms. The van der Waals surface area contributed by atoms with Gasteiger partial charge in [-0.25, -0.2) is 0 Å². The third-order valence-corrected chi connectivity index (χ3v) is 2.68. The van der Waals surface area contributed by atoms with Gasteiger partial charge >= 0.3 is 0 Å². The van der Waals surface area contributed by atoms with Crippen molar-refractivity contribution in [3.8, 4) is 11.5 Å². The molecule has 2 N–H and O–H groups in total. The van der Waals surface area contributed by atoms with Crippen LogP contribution in [0.2, 0.25) is 0 Å². The average molecular weight is 228 g/mol. The van der Waals surface area contributed by atoms with E-state index < -0.39 is 0 Å². The Morgan fingerprint density at radius 1 is 1.00 bits per heavy atom. The number of rotatable bonds is 2. The largest absolute Gasteiger partial charge is 0.508 e. The van der Waals surface area contributed by atoms with Crippen LogP contribution in [0.4, 0.5) is 0 Å². The lowest BCUT2D eigenvalue weighted by Gasteiger charge is -2.07. The van der Waals surface area contributed by atoms with E-state index in [-0.39, 0.29) is 22.8 Å². The number of phenolic OH excluding ortho intramolecular Hbond substituents is 2. The molecule has 17 heavy (non-hydrogen) atoms. The predicted molar refractivity (Wildman–Crippen MR) is 64.4 cm³/mol. The fraction of sp³-hybridized carbons (Fsp3) is 0.0714. The van der Waals surface area contributed by atoms with Gasteiger partial charge in [0.15, 0.2) is 5.78 Å². The second kappa shape index (κ2) is 4.29. The molecule has 0 radical (unpaired) electrons. The van der Waals surface area contributed by atoms with Crippen molar-refractivity contribution in [3.05, 3.63) is 59.2 Å². The molecule has 2 aromatic rings. The number of carbonyl (C=O) groups is 1. The van der Waals surface area contributed by atoms with E-state index in [4.69, 9.17) is 0 Å². The monoisotopic (exact) mass is 228 g/mol. The molecule has 0 atom stereocenters. The molecular weight excluding hydrogens is 216 g/mol. The zero-order valence-electron chi connectivity index (χ0n) is 9.34. The Morgan fingerprint density at radius 2 is 1.65 bits per heavy atom. The van der Waals surface area contributed by atoms with Crippen LogP contribution in [0.25, 0.3) is 0 Å². The number of aromatic hydroxyl groups is 2. The number of hydrogen-bond donors (Lipinski definition) is 2. The fourth-order valence-corrected chi connectivity index (χ4v) is 1.62. The minimum absolute atomic E-state index is 0.0212. The zero-order valence-corrected chi connectivity index (χ0v) is 9.34. The van der Waals surface area contributed by atoms with Crippen molar-refractivity contribution in [2.75, 3.05) is 0 Å². The molecule has 86 valence electrons. The second-order valence-corrected chi connectivity index (χ2v) is 3.80. The SMILES string of the molecule is Cc1c(O)ccc(C(=O)c2ccccc2)c1O. The van der Waals surface area contributed by atoms with Crippen molar-refractivity contribution in [2.24, 2.45) is 0 Å². The van der Waals surface area contributed by atoms with Crippen LogP contribution in [0.3, 0.4) is 0 Å². The van der Waals surface area contributed by atoms with E-state index in [1.165, 1.54) is 12.1 Å². The van der Waals surface area contributed by atoms with Gasteiger partial charge in [-0.05, 0) is 19.1 Å². The van der Waals surface area contributed by atoms with Crippen molar-refractivity contribution in [1.29, 1.82) is 0 Å². The summed E-state index contributed by atoms with van der Waals surface area (Å²) in [6.07, 6.45) is 0. The van der Waals surface area contributed by atoms with Gasteiger partial charge in [0.1, 0.15) is 11.5 Å². The Bertz CT molecular complexity index is 559. The van der Waals surface area contributed by atoms with Crippen molar-refractivity contribution in [3.63, 3.8) is 0 Å². The van der Waals surface area contributed by atoms with Gasteiger partial charge in [-0.3, -0.25) is 4.79 Å². The van der Waals surface area contributed by atoms with Crippen LogP contribution in [0.15, 0.2) is 42.5 Å². The summed E-state index contributed by atoms with van der Waals surface area (Å²) in [4.78, 5) is 12.1. The van der Waals surface area contributed by atoms with Crippen LogP contribution in [-0.4, -0.2) is 16.0 Å². The molecule has 0 aromatic heterocycles. The maximum absolute atomic E-state index is 12.1. The molecule has 0 saturated heterocycles. The first-order valence-corrected chi connectivity index (χ1v) is 5.22. The standard InChI is InChI=1S/C14H12O3/c1-9-12(15)8-7-11(13(9)16)14(17)10-5-3-2-4-6-10/h2-8,15-16H,1H3. The number of phenols is 2. The van der Waals surface area contributed by atoms with Crippen molar-refractivity contribution >= 4 is 5.78 Å². The first-order valence-electron chi connectivity index (χ1n) is 5.22. The van der Waals surface area contributed by atoms with Crippen LogP contribution in [0.1, 0.15) is 21.5 Å². The summed E-state index contributed by atoms with van der Waals surface area (Å²) in [5, 5.41) is 19.2. The van der Waals surface area contributed by atoms with Crippen LogP contribution in [0, 0.1) is 6.92 Å². The Morgan fingerprint density at radius 3 is 2.29 bits per heavy atom. The molecule has 0 saturated carbocycles. The molecule has 0 amide bonds. The average Bonchev–Trinajstić information content (AvgIpc) is 2.36. The topological polar surface area (TPSA) is 57.5 Å². The highest BCUT2D eigenvalue weighted by atomic mass is 16.3. The van der Waals surface area contributed by atoms with Gasteiger partial charge in [0.25, 0.3) is 0 Å². The Labute approximate surface area is 99.0 Å². The molecule has 0 aliphatic carbocycles. The molecular formula is C14H12O3. The molecule has 0 spiro atoms. The summed E-state index contributed by atoms with van der Waals surface area (Å²) < 4.78 is 0. The maximum atomic E-state index is 12.1. The van der Waals surface area contributed by atoms with E-state index >= 15 is 0 Å². The van der Waals surface area contributed by atoms with Crippen LogP contribution in [-0.2, 0) is 0 Å². The van der Waals surface area contributed by atoms with Gasteiger partial charge in [-0.1, -0.05) is 30.3 Å². The van der Waals surface area contributed by atoms with Crippen LogP contribution >= 0.6 is 0 Å². The molecule has 3 heteroatoms. The molecule has 0 aliphatic heterocycles. The quantitative estimate of drug-likeness (QED) is 0.777. The normalized spacial score (nSPS) is 10.2. The van der Waals surface area contributed by atoms with E-state index in [0.717, 1.165) is 0 Å². The summed E-state index contributed by atoms with van der Waals surface area (Å²) in [6, 6.07) is 11.5. The van der Waals surface area contributed by atoms with Crippen molar-refractivity contribution in [1.82, 2.24) is 0 Å². The number of ketones is 1. The molecule has 0 unspecified atom stereocenters. The van der Waals surface area contributed by atoms with E-state index in [0.29, 0.717) is 11.1 Å². The number of hydrogen-bond acceptors (Lipinski definition) is 3. The van der Waals surface area contributed by atoms with Gasteiger partial charge < -0.3 is 10.2 Å². The second-order valence-electron chi connectivity index (χ2n) is 3.80. The van der Waals surface area contributed by atoms with E-state index in [2.05, 4.69) is 0 Å². The van der Waals surface area contributed by atoms with Gasteiger partial charge in [0.05, 0.1) is 5.56 Å². The van der Waals surface area contributed by atoms with Crippen LogP contribution in [0.5, 0.6) is 11.5 Å². The molecule has 2 aromatic carbocycles. The lowest BCUT2D eigenvalue weighted by molar-refractivity contribution is 0.103. The highest BCUT2D eigenvalue weighted by Crippen LogP contribution is 2.30. The van der Waals surface area contributed by atoms with Crippen molar-refractivity contribution in [2.45, 2.75) is 6.92 Å². The summed E-state index contributed by atoms with van der Waals surface area (Å²) >= 11 is 0. The molecule has 3 nitrogen and oxygen atoms in total. The smallest absolute Gasteiger partial charge is 0.196 e. The molecule has 0 heterocycles. The summed E-state index contributed by atoms with van der Waals surface area (Å²) in [7, 11) is 0. The predicted octanol–water partition coefficient (Wildman–Crippen LogP) is 2.64. The minimum Gasteiger partial charge on any atom is -0.508 e. The zero-order chi connectivity index (χ0) is 12.4. The first-order chi connectivity index (χ1) is 8.11. The fourth-order valence-electron chi connectivity index (χ4n) is 1.62. The van der Waals surface area contributed by atoms with E-state index in [1.807, 2.05) is 6.07 Å². The van der Waals surface area contributed by atoms with Gasteiger partial charge in [-0.15, -0.1) is 0 Å². The van der Waals surface area contributed by atoms with E-state index in [9.17, 15) is 15.0 Å². The van der Waals surface area contributed by atoms with Gasteiger partial charge in [0.2, 0.25) is 0 Å². The first kappa shape index (κ1) is 11.2. The van der Waals surface area contributed by atoms with E-state index in [1.54, 1.807) is 31.2 Å². The van der Waals surface area contributed by atoms with Crippen LogP contribution < -0.4 is 0 Å². The highest BCUT2D eigenvalue weighted by molar-refractivity contribution is 6.10. The Hall–Kier alpha value is -2.29. The van der Waals surface area contributed by atoms with Crippen molar-refractivity contribution < 1.29 is 15.0 Å². The summed E-state index contributed by atoms with van der Waals surface area (Å²) in [5.41, 5.74) is 1.02.